The van der Waals surface area contributed by atoms with Gasteiger partial charge in [-0.15, -0.1) is 0 Å². The topological polar surface area (TPSA) is 50.2 Å². The van der Waals surface area contributed by atoms with E-state index in [0.29, 0.717) is 6.54 Å². The molecule has 0 atom stereocenters. The van der Waals surface area contributed by atoms with Crippen LogP contribution in [0.5, 0.6) is 0 Å². The van der Waals surface area contributed by atoms with Crippen molar-refractivity contribution in [3.8, 4) is 0 Å². The first-order valence-corrected chi connectivity index (χ1v) is 9.90. The molecule has 1 amide bonds. The molecule has 0 fully saturated rings. The Morgan fingerprint density at radius 1 is 1.07 bits per heavy atom. The van der Waals surface area contributed by atoms with Crippen molar-refractivity contribution < 1.29 is 4.79 Å². The molecule has 0 spiro atoms. The van der Waals surface area contributed by atoms with Gasteiger partial charge < -0.3 is 9.88 Å². The Balaban J connectivity index is 1.25. The average molecular weight is 374 g/mol. The van der Waals surface area contributed by atoms with Crippen LogP contribution in [-0.2, 0) is 26.1 Å². The summed E-state index contributed by atoms with van der Waals surface area (Å²) in [5.74, 6) is -0.0101. The van der Waals surface area contributed by atoms with Crippen LogP contribution in [0, 0.1) is 0 Å². The van der Waals surface area contributed by atoms with Gasteiger partial charge in [0.15, 0.2) is 0 Å². The molecule has 1 aromatic heterocycles. The summed E-state index contributed by atoms with van der Waals surface area (Å²) < 4.78 is 2.01. The van der Waals surface area contributed by atoms with Crippen molar-refractivity contribution in [3.63, 3.8) is 0 Å². The first-order valence-electron chi connectivity index (χ1n) is 9.90. The average Bonchev–Trinajstić information content (AvgIpc) is 3.25. The number of fused-ring (bicyclic) bond motifs is 1. The second kappa shape index (κ2) is 8.85. The highest BCUT2D eigenvalue weighted by Crippen LogP contribution is 2.20. The molecule has 0 unspecified atom stereocenters. The van der Waals surface area contributed by atoms with Crippen molar-refractivity contribution in [2.75, 3.05) is 13.1 Å². The molecule has 1 N–H and O–H groups in total. The molecule has 1 aliphatic heterocycles. The van der Waals surface area contributed by atoms with Crippen LogP contribution in [-0.4, -0.2) is 33.4 Å². The van der Waals surface area contributed by atoms with Gasteiger partial charge in [0.05, 0.1) is 6.33 Å². The van der Waals surface area contributed by atoms with Crippen molar-refractivity contribution in [2.24, 2.45) is 0 Å². The number of carbonyl (C=O) groups excluding carboxylic acids is 1. The fourth-order valence-electron chi connectivity index (χ4n) is 3.69. The molecule has 1 aliphatic rings. The van der Waals surface area contributed by atoms with Gasteiger partial charge in [-0.1, -0.05) is 36.4 Å². The standard InChI is InChI=1S/C23H26N4O/c28-23(25-11-3-13-26-15-12-24-18-26)21-8-6-19(7-9-21)16-27-14-10-20-4-1-2-5-22(20)17-27/h1-2,4-9,12,15,18H,3,10-11,13-14,16-17H2,(H,25,28). The Hall–Kier alpha value is -2.92. The lowest BCUT2D eigenvalue weighted by atomic mass is 9.99. The second-order valence-corrected chi connectivity index (χ2v) is 7.34. The van der Waals surface area contributed by atoms with Gasteiger partial charge >= 0.3 is 0 Å². The molecule has 4 rings (SSSR count). The number of aryl methyl sites for hydroxylation is 1. The summed E-state index contributed by atoms with van der Waals surface area (Å²) in [4.78, 5) is 18.8. The van der Waals surface area contributed by atoms with E-state index in [-0.39, 0.29) is 5.91 Å². The predicted octanol–water partition coefficient (Wildman–Crippen LogP) is 3.26. The van der Waals surface area contributed by atoms with Crippen LogP contribution < -0.4 is 5.32 Å². The number of nitrogens with zero attached hydrogens (tertiary/aromatic N) is 3. The lowest BCUT2D eigenvalue weighted by molar-refractivity contribution is 0.0952. The molecular formula is C23H26N4O. The van der Waals surface area contributed by atoms with Crippen LogP contribution in [0.4, 0.5) is 0 Å². The van der Waals surface area contributed by atoms with Crippen molar-refractivity contribution in [3.05, 3.63) is 89.5 Å². The predicted molar refractivity (Wildman–Crippen MR) is 110 cm³/mol. The Labute approximate surface area is 166 Å². The van der Waals surface area contributed by atoms with Crippen molar-refractivity contribution in [1.82, 2.24) is 19.8 Å². The van der Waals surface area contributed by atoms with Gasteiger partial charge in [-0.3, -0.25) is 9.69 Å². The third-order valence-electron chi connectivity index (χ3n) is 5.27. The minimum atomic E-state index is -0.0101. The first-order chi connectivity index (χ1) is 13.8. The van der Waals surface area contributed by atoms with Crippen LogP contribution in [0.2, 0.25) is 0 Å². The minimum Gasteiger partial charge on any atom is -0.352 e. The molecule has 5 heteroatoms. The summed E-state index contributed by atoms with van der Waals surface area (Å²) >= 11 is 0. The number of benzene rings is 2. The Kier molecular flexibility index (Phi) is 5.83. The van der Waals surface area contributed by atoms with Crippen molar-refractivity contribution in [2.45, 2.75) is 32.5 Å². The molecule has 2 aromatic carbocycles. The molecule has 0 saturated carbocycles. The monoisotopic (exact) mass is 374 g/mol. The zero-order chi connectivity index (χ0) is 19.2. The maximum atomic E-state index is 12.3. The van der Waals surface area contributed by atoms with Crippen molar-refractivity contribution >= 4 is 5.91 Å². The minimum absolute atomic E-state index is 0.0101. The van der Waals surface area contributed by atoms with Crippen LogP contribution >= 0.6 is 0 Å². The molecule has 144 valence electrons. The lowest BCUT2D eigenvalue weighted by Gasteiger charge is -2.28. The van der Waals surface area contributed by atoms with Crippen LogP contribution in [0.15, 0.2) is 67.3 Å². The zero-order valence-corrected chi connectivity index (χ0v) is 16.1. The van der Waals surface area contributed by atoms with Crippen molar-refractivity contribution in [1.29, 1.82) is 0 Å². The van der Waals surface area contributed by atoms with E-state index in [1.807, 2.05) is 22.9 Å². The van der Waals surface area contributed by atoms with Gasteiger partial charge in [0.1, 0.15) is 0 Å². The molecule has 3 aromatic rings. The number of nitrogens with one attached hydrogen (secondary N) is 1. The Bertz CT molecular complexity index is 903. The smallest absolute Gasteiger partial charge is 0.251 e. The van der Waals surface area contributed by atoms with Gasteiger partial charge in [-0.05, 0) is 41.7 Å². The van der Waals surface area contributed by atoms with Gasteiger partial charge in [0.2, 0.25) is 0 Å². The van der Waals surface area contributed by atoms with Crippen LogP contribution in [0.3, 0.4) is 0 Å². The van der Waals surface area contributed by atoms with Crippen LogP contribution in [0.25, 0.3) is 0 Å². The summed E-state index contributed by atoms with van der Waals surface area (Å²) in [5, 5.41) is 2.99. The lowest BCUT2D eigenvalue weighted by Crippen LogP contribution is -2.30. The quantitative estimate of drug-likeness (QED) is 0.646. The van der Waals surface area contributed by atoms with E-state index in [1.54, 1.807) is 12.5 Å². The zero-order valence-electron chi connectivity index (χ0n) is 16.1. The SMILES string of the molecule is O=C(NCCCn1ccnc1)c1ccc(CN2CCc3ccccc3C2)cc1. The van der Waals surface area contributed by atoms with E-state index in [4.69, 9.17) is 0 Å². The second-order valence-electron chi connectivity index (χ2n) is 7.34. The van der Waals surface area contributed by atoms with E-state index in [0.717, 1.165) is 44.6 Å². The van der Waals surface area contributed by atoms with E-state index in [1.165, 1.54) is 16.7 Å². The number of hydrogen-bond acceptors (Lipinski definition) is 3. The summed E-state index contributed by atoms with van der Waals surface area (Å²) in [6, 6.07) is 16.7. The third kappa shape index (κ3) is 4.67. The fraction of sp³-hybridized carbons (Fsp3) is 0.304. The molecule has 5 nitrogen and oxygen atoms in total. The number of aromatic nitrogens is 2. The number of imidazole rings is 1. The summed E-state index contributed by atoms with van der Waals surface area (Å²) in [5.41, 5.74) is 4.87. The summed E-state index contributed by atoms with van der Waals surface area (Å²) in [6.45, 7) is 4.51. The van der Waals surface area contributed by atoms with Crippen LogP contribution in [0.1, 0.15) is 33.5 Å². The summed E-state index contributed by atoms with van der Waals surface area (Å²) in [7, 11) is 0. The summed E-state index contributed by atoms with van der Waals surface area (Å²) in [6.07, 6.45) is 7.48. The molecular weight excluding hydrogens is 348 g/mol. The highest BCUT2D eigenvalue weighted by Gasteiger charge is 2.15. The number of hydrogen-bond donors (Lipinski definition) is 1. The third-order valence-corrected chi connectivity index (χ3v) is 5.27. The van der Waals surface area contributed by atoms with E-state index >= 15 is 0 Å². The van der Waals surface area contributed by atoms with Gasteiger partial charge in [-0.2, -0.15) is 0 Å². The molecule has 0 aliphatic carbocycles. The highest BCUT2D eigenvalue weighted by molar-refractivity contribution is 5.94. The fourth-order valence-corrected chi connectivity index (χ4v) is 3.69. The molecule has 2 heterocycles. The normalized spacial score (nSPS) is 13.9. The van der Waals surface area contributed by atoms with Gasteiger partial charge in [0, 0.05) is 50.7 Å². The Morgan fingerprint density at radius 2 is 1.89 bits per heavy atom. The number of rotatable bonds is 7. The molecule has 0 saturated heterocycles. The van der Waals surface area contributed by atoms with E-state index < -0.39 is 0 Å². The highest BCUT2D eigenvalue weighted by atomic mass is 16.1. The maximum Gasteiger partial charge on any atom is 0.251 e. The maximum absolute atomic E-state index is 12.3. The van der Waals surface area contributed by atoms with Gasteiger partial charge in [0.25, 0.3) is 5.91 Å². The Morgan fingerprint density at radius 3 is 2.68 bits per heavy atom. The number of carbonyl (C=O) groups is 1. The van der Waals surface area contributed by atoms with E-state index in [2.05, 4.69) is 51.6 Å². The number of amides is 1. The molecule has 28 heavy (non-hydrogen) atoms. The molecule has 0 bridgehead atoms. The van der Waals surface area contributed by atoms with E-state index in [9.17, 15) is 4.79 Å². The van der Waals surface area contributed by atoms with Gasteiger partial charge in [-0.25, -0.2) is 4.98 Å². The molecule has 0 radical (unpaired) electrons. The largest absolute Gasteiger partial charge is 0.352 e. The first kappa shape index (κ1) is 18.4.